The molecule has 11 heteroatoms. The molecule has 0 saturated carbocycles. The number of ether oxygens (including phenoxy) is 2. The molecule has 0 aliphatic carbocycles. The number of aliphatic hydroxyl groups excluding tert-OH is 1. The molecule has 1 aliphatic rings. The first-order valence-electron chi connectivity index (χ1n) is 11.9. The molecule has 1 aliphatic heterocycles. The zero-order valence-electron chi connectivity index (χ0n) is 20.9. The number of aromatic nitrogens is 3. The molecule has 35 heavy (non-hydrogen) atoms. The minimum atomic E-state index is -0.375. The van der Waals surface area contributed by atoms with E-state index in [9.17, 15) is 14.7 Å². The molecule has 0 bridgehead atoms. The van der Waals surface area contributed by atoms with Crippen LogP contribution in [0.3, 0.4) is 0 Å². The van der Waals surface area contributed by atoms with Gasteiger partial charge in [-0.05, 0) is 25.5 Å². The van der Waals surface area contributed by atoms with Gasteiger partial charge in [0.05, 0.1) is 44.4 Å². The summed E-state index contributed by atoms with van der Waals surface area (Å²) in [5.41, 5.74) is 1.44. The van der Waals surface area contributed by atoms with Crippen molar-refractivity contribution in [3.05, 3.63) is 36.2 Å². The number of carbonyl (C=O) groups excluding carboxylic acids is 2. The molecule has 3 rings (SSSR count). The van der Waals surface area contributed by atoms with Crippen molar-refractivity contribution in [2.75, 3.05) is 39.2 Å². The van der Waals surface area contributed by atoms with Crippen molar-refractivity contribution in [1.82, 2.24) is 24.8 Å². The molecule has 0 fully saturated rings. The first-order chi connectivity index (χ1) is 16.8. The Morgan fingerprint density at radius 2 is 2.23 bits per heavy atom. The number of benzene rings is 1. The Kier molecular flexibility index (Phi) is 9.44. The summed E-state index contributed by atoms with van der Waals surface area (Å²) in [4.78, 5) is 29.1. The third-order valence-electron chi connectivity index (χ3n) is 6.26. The van der Waals surface area contributed by atoms with Crippen LogP contribution in [-0.2, 0) is 22.7 Å². The van der Waals surface area contributed by atoms with Crippen molar-refractivity contribution in [3.8, 4) is 5.75 Å². The number of amides is 3. The van der Waals surface area contributed by atoms with Crippen molar-refractivity contribution >= 4 is 17.6 Å². The second-order valence-electron chi connectivity index (χ2n) is 9.00. The van der Waals surface area contributed by atoms with Gasteiger partial charge in [-0.3, -0.25) is 4.79 Å². The van der Waals surface area contributed by atoms with E-state index in [4.69, 9.17) is 9.47 Å². The van der Waals surface area contributed by atoms with Gasteiger partial charge in [0.2, 0.25) is 5.91 Å². The van der Waals surface area contributed by atoms with Gasteiger partial charge in [-0.2, -0.15) is 0 Å². The maximum atomic E-state index is 13.0. The maximum absolute atomic E-state index is 13.0. The number of carbonyl (C=O) groups is 2. The molecule has 11 nitrogen and oxygen atoms in total. The Morgan fingerprint density at radius 1 is 1.43 bits per heavy atom. The first-order valence-corrected chi connectivity index (χ1v) is 11.9. The van der Waals surface area contributed by atoms with Crippen LogP contribution in [0.4, 0.5) is 10.5 Å². The molecular weight excluding hydrogens is 452 g/mol. The van der Waals surface area contributed by atoms with Crippen LogP contribution in [0, 0.1) is 5.92 Å². The number of nitrogens with one attached hydrogen (secondary N) is 1. The zero-order valence-corrected chi connectivity index (χ0v) is 20.9. The van der Waals surface area contributed by atoms with Crippen LogP contribution >= 0.6 is 0 Å². The van der Waals surface area contributed by atoms with Crippen LogP contribution in [0.25, 0.3) is 0 Å². The molecule has 1 aromatic carbocycles. The average Bonchev–Trinajstić information content (AvgIpc) is 3.30. The van der Waals surface area contributed by atoms with Crippen molar-refractivity contribution in [3.63, 3.8) is 0 Å². The second-order valence-corrected chi connectivity index (χ2v) is 9.00. The number of anilines is 1. The molecule has 192 valence electrons. The molecule has 0 spiro atoms. The summed E-state index contributed by atoms with van der Waals surface area (Å²) >= 11 is 0. The summed E-state index contributed by atoms with van der Waals surface area (Å²) in [6, 6.07) is 6.54. The first kappa shape index (κ1) is 26.4. The number of fused-ring (bicyclic) bond motifs is 1. The minimum absolute atomic E-state index is 0.0245. The number of hydrogen-bond donors (Lipinski definition) is 2. The van der Waals surface area contributed by atoms with E-state index in [2.05, 4.69) is 15.6 Å². The van der Waals surface area contributed by atoms with Crippen molar-refractivity contribution < 1.29 is 24.2 Å². The lowest BCUT2D eigenvalue weighted by Gasteiger charge is -2.35. The summed E-state index contributed by atoms with van der Waals surface area (Å²) in [6.45, 7) is 5.24. The standard InChI is InChI=1S/C24H36N6O5/c1-17-13-29(18(2)15-31)23(32)9-6-10-30-20(12-25-27-30)16-35-22(17)14-28(3)24(33)26-19-7-5-8-21(11-19)34-4/h5,7-8,11-12,17-18,22,31H,6,9-10,13-16H2,1-4H3,(H,26,33)/t17-,18+,22-/m0/s1. The summed E-state index contributed by atoms with van der Waals surface area (Å²) < 4.78 is 13.2. The third-order valence-corrected chi connectivity index (χ3v) is 6.26. The molecule has 2 heterocycles. The molecule has 3 atom stereocenters. The SMILES string of the molecule is COc1cccc(NC(=O)N(C)C[C@@H]2OCc3cnnn3CCCC(=O)N([C@H](C)CO)C[C@@H]2C)c1. The van der Waals surface area contributed by atoms with Crippen LogP contribution in [0.2, 0.25) is 0 Å². The van der Waals surface area contributed by atoms with E-state index in [-0.39, 0.29) is 43.2 Å². The largest absolute Gasteiger partial charge is 0.497 e. The minimum Gasteiger partial charge on any atom is -0.497 e. The van der Waals surface area contributed by atoms with Crippen molar-refractivity contribution in [2.24, 2.45) is 5.92 Å². The van der Waals surface area contributed by atoms with Crippen molar-refractivity contribution in [1.29, 1.82) is 0 Å². The Morgan fingerprint density at radius 3 is 2.97 bits per heavy atom. The van der Waals surface area contributed by atoms with Gasteiger partial charge in [-0.1, -0.05) is 18.2 Å². The van der Waals surface area contributed by atoms with Gasteiger partial charge in [0.25, 0.3) is 0 Å². The topological polar surface area (TPSA) is 122 Å². The summed E-state index contributed by atoms with van der Waals surface area (Å²) in [5.74, 6) is 0.516. The van der Waals surface area contributed by atoms with Crippen LogP contribution in [0.1, 0.15) is 32.4 Å². The molecular formula is C24H36N6O5. The van der Waals surface area contributed by atoms with E-state index in [1.807, 2.05) is 13.8 Å². The Balaban J connectivity index is 1.76. The Hall–Kier alpha value is -3.18. The summed E-state index contributed by atoms with van der Waals surface area (Å²) in [5, 5.41) is 20.7. The monoisotopic (exact) mass is 488 g/mol. The van der Waals surface area contributed by atoms with Gasteiger partial charge in [0.1, 0.15) is 5.75 Å². The van der Waals surface area contributed by atoms with Crippen LogP contribution < -0.4 is 10.1 Å². The van der Waals surface area contributed by atoms with Gasteiger partial charge in [0.15, 0.2) is 0 Å². The summed E-state index contributed by atoms with van der Waals surface area (Å²) in [6.07, 6.45) is 2.26. The van der Waals surface area contributed by atoms with Crippen LogP contribution in [0.5, 0.6) is 5.75 Å². The maximum Gasteiger partial charge on any atom is 0.321 e. The third kappa shape index (κ3) is 7.15. The fourth-order valence-electron chi connectivity index (χ4n) is 4.02. The van der Waals surface area contributed by atoms with E-state index in [0.717, 1.165) is 5.69 Å². The highest BCUT2D eigenvalue weighted by Crippen LogP contribution is 2.20. The van der Waals surface area contributed by atoms with E-state index in [0.29, 0.717) is 43.9 Å². The number of aliphatic hydroxyl groups is 1. The highest BCUT2D eigenvalue weighted by atomic mass is 16.5. The molecule has 0 saturated heterocycles. The highest BCUT2D eigenvalue weighted by Gasteiger charge is 2.29. The predicted molar refractivity (Wildman–Crippen MR) is 130 cm³/mol. The van der Waals surface area contributed by atoms with Crippen LogP contribution in [0.15, 0.2) is 30.5 Å². The highest BCUT2D eigenvalue weighted by molar-refractivity contribution is 5.89. The lowest BCUT2D eigenvalue weighted by molar-refractivity contribution is -0.136. The average molecular weight is 489 g/mol. The van der Waals surface area contributed by atoms with Gasteiger partial charge in [-0.15, -0.1) is 5.10 Å². The number of hydrogen-bond acceptors (Lipinski definition) is 7. The number of rotatable bonds is 6. The number of methoxy groups -OCH3 is 1. The molecule has 0 unspecified atom stereocenters. The normalized spacial score (nSPS) is 20.3. The second kappa shape index (κ2) is 12.5. The summed E-state index contributed by atoms with van der Waals surface area (Å²) in [7, 11) is 3.27. The van der Waals surface area contributed by atoms with Gasteiger partial charge >= 0.3 is 6.03 Å². The van der Waals surface area contributed by atoms with E-state index in [1.54, 1.807) is 59.1 Å². The molecule has 2 aromatic rings. The number of aryl methyl sites for hydroxylation is 1. The fraction of sp³-hybridized carbons (Fsp3) is 0.583. The Labute approximate surface area is 206 Å². The zero-order chi connectivity index (χ0) is 25.4. The van der Waals surface area contributed by atoms with E-state index >= 15 is 0 Å². The predicted octanol–water partition coefficient (Wildman–Crippen LogP) is 1.98. The molecule has 0 radical (unpaired) electrons. The fourth-order valence-corrected chi connectivity index (χ4v) is 4.02. The molecule has 1 aromatic heterocycles. The lowest BCUT2D eigenvalue weighted by Crippen LogP contribution is -2.48. The van der Waals surface area contributed by atoms with Gasteiger partial charge < -0.3 is 29.7 Å². The molecule has 3 amide bonds. The molecule has 2 N–H and O–H groups in total. The van der Waals surface area contributed by atoms with Gasteiger partial charge in [-0.25, -0.2) is 9.48 Å². The lowest BCUT2D eigenvalue weighted by atomic mass is 10.0. The Bertz CT molecular complexity index is 983. The number of nitrogens with zero attached hydrogens (tertiary/aromatic N) is 5. The number of urea groups is 1. The van der Waals surface area contributed by atoms with Crippen LogP contribution in [-0.4, -0.2) is 87.8 Å². The number of likely N-dealkylation sites (N-methyl/N-ethyl adjacent to an activating group) is 1. The van der Waals surface area contributed by atoms with E-state index < -0.39 is 0 Å². The quantitative estimate of drug-likeness (QED) is 0.637. The van der Waals surface area contributed by atoms with E-state index in [1.165, 1.54) is 0 Å². The van der Waals surface area contributed by atoms with Crippen molar-refractivity contribution in [2.45, 2.75) is 52.0 Å². The smallest absolute Gasteiger partial charge is 0.321 e. The van der Waals surface area contributed by atoms with Gasteiger partial charge in [0, 0.05) is 50.8 Å².